The van der Waals surface area contributed by atoms with Gasteiger partial charge >= 0.3 is 0 Å². The smallest absolute Gasteiger partial charge is 0.0359 e. The van der Waals surface area contributed by atoms with Crippen LogP contribution in [0, 0.1) is 0 Å². The van der Waals surface area contributed by atoms with Gasteiger partial charge in [0.25, 0.3) is 0 Å². The van der Waals surface area contributed by atoms with Crippen molar-refractivity contribution in [3.63, 3.8) is 0 Å². The number of fused-ring (bicyclic) bond motifs is 2. The molecule has 0 nitrogen and oxygen atoms in total. The highest BCUT2D eigenvalue weighted by molar-refractivity contribution is 5.90. The molecule has 0 saturated carbocycles. The van der Waals surface area contributed by atoms with Gasteiger partial charge in [0.1, 0.15) is 0 Å². The zero-order chi connectivity index (χ0) is 18.8. The van der Waals surface area contributed by atoms with Crippen LogP contribution in [0.3, 0.4) is 0 Å². The SMILES string of the molecule is C1=CC(C=Cc2cccc3ccccc23)(c2ccccc2)Cc2ccccc21. The third kappa shape index (κ3) is 2.97. The summed E-state index contributed by atoms with van der Waals surface area (Å²) in [5.74, 6) is 0. The number of hydrogen-bond acceptors (Lipinski definition) is 0. The van der Waals surface area contributed by atoms with E-state index < -0.39 is 0 Å². The lowest BCUT2D eigenvalue weighted by Crippen LogP contribution is -2.26. The molecule has 0 saturated heterocycles. The number of benzene rings is 4. The van der Waals surface area contributed by atoms with Crippen LogP contribution in [0.5, 0.6) is 0 Å². The predicted octanol–water partition coefficient (Wildman–Crippen LogP) is 7.06. The maximum Gasteiger partial charge on any atom is 0.0359 e. The highest BCUT2D eigenvalue weighted by Crippen LogP contribution is 2.38. The number of allylic oxidation sites excluding steroid dienone is 2. The molecule has 1 aliphatic rings. The van der Waals surface area contributed by atoms with Gasteiger partial charge in [-0.3, -0.25) is 0 Å². The molecular formula is C28H22. The standard InChI is InChI=1S/C28H22/c1-2-14-26(15-3-1)28(19-17-22-9-4-5-11-25(22)21-28)20-18-24-13-8-12-23-10-6-7-16-27(23)24/h1-20H,21H2. The van der Waals surface area contributed by atoms with Crippen molar-refractivity contribution in [3.8, 4) is 0 Å². The van der Waals surface area contributed by atoms with Crippen molar-refractivity contribution in [2.75, 3.05) is 0 Å². The number of hydrogen-bond donors (Lipinski definition) is 0. The summed E-state index contributed by atoms with van der Waals surface area (Å²) in [6.07, 6.45) is 10.3. The molecule has 0 spiro atoms. The van der Waals surface area contributed by atoms with Gasteiger partial charge in [-0.15, -0.1) is 0 Å². The third-order valence-corrected chi connectivity index (χ3v) is 5.79. The van der Waals surface area contributed by atoms with E-state index in [0.29, 0.717) is 0 Å². The Labute approximate surface area is 166 Å². The zero-order valence-corrected chi connectivity index (χ0v) is 15.8. The largest absolute Gasteiger partial charge is 0.0693 e. The minimum absolute atomic E-state index is 0.132. The van der Waals surface area contributed by atoms with Crippen molar-refractivity contribution in [2.24, 2.45) is 0 Å². The molecule has 0 aromatic heterocycles. The first-order chi connectivity index (χ1) is 13.8. The fourth-order valence-electron chi connectivity index (χ4n) is 4.26. The van der Waals surface area contributed by atoms with Gasteiger partial charge in [0.05, 0.1) is 0 Å². The summed E-state index contributed by atoms with van der Waals surface area (Å²) in [5, 5.41) is 2.58. The fraction of sp³-hybridized carbons (Fsp3) is 0.0714. The Bertz CT molecular complexity index is 1180. The average Bonchev–Trinajstić information content (AvgIpc) is 2.78. The Hall–Kier alpha value is -3.38. The Morgan fingerprint density at radius 3 is 2.36 bits per heavy atom. The van der Waals surface area contributed by atoms with E-state index in [1.165, 1.54) is 33.0 Å². The van der Waals surface area contributed by atoms with Crippen molar-refractivity contribution in [3.05, 3.63) is 131 Å². The topological polar surface area (TPSA) is 0 Å². The third-order valence-electron chi connectivity index (χ3n) is 5.79. The van der Waals surface area contributed by atoms with Crippen LogP contribution in [-0.2, 0) is 11.8 Å². The molecule has 0 amide bonds. The Morgan fingerprint density at radius 2 is 1.43 bits per heavy atom. The Kier molecular flexibility index (Phi) is 4.18. The average molecular weight is 358 g/mol. The quantitative estimate of drug-likeness (QED) is 0.368. The lowest BCUT2D eigenvalue weighted by molar-refractivity contribution is 0.662. The second-order valence-corrected chi connectivity index (χ2v) is 7.52. The van der Waals surface area contributed by atoms with E-state index in [1.807, 2.05) is 0 Å². The lowest BCUT2D eigenvalue weighted by Gasteiger charge is -2.32. The first-order valence-corrected chi connectivity index (χ1v) is 9.84. The highest BCUT2D eigenvalue weighted by Gasteiger charge is 2.30. The second kappa shape index (κ2) is 6.98. The monoisotopic (exact) mass is 358 g/mol. The fourth-order valence-corrected chi connectivity index (χ4v) is 4.26. The van der Waals surface area contributed by atoms with Gasteiger partial charge in [-0.2, -0.15) is 0 Å². The maximum atomic E-state index is 2.39. The molecule has 1 aliphatic carbocycles. The molecule has 0 radical (unpaired) electrons. The second-order valence-electron chi connectivity index (χ2n) is 7.52. The van der Waals surface area contributed by atoms with E-state index >= 15 is 0 Å². The first-order valence-electron chi connectivity index (χ1n) is 9.84. The minimum atomic E-state index is -0.132. The van der Waals surface area contributed by atoms with Crippen molar-refractivity contribution in [1.29, 1.82) is 0 Å². The molecule has 4 aromatic carbocycles. The molecule has 1 unspecified atom stereocenters. The van der Waals surface area contributed by atoms with Crippen LogP contribution in [-0.4, -0.2) is 0 Å². The normalized spacial score (nSPS) is 18.4. The first kappa shape index (κ1) is 16.8. The van der Waals surface area contributed by atoms with Crippen LogP contribution in [0.4, 0.5) is 0 Å². The molecule has 5 rings (SSSR count). The predicted molar refractivity (Wildman–Crippen MR) is 120 cm³/mol. The van der Waals surface area contributed by atoms with E-state index in [2.05, 4.69) is 121 Å². The molecule has 0 N–H and O–H groups in total. The Morgan fingerprint density at radius 1 is 0.679 bits per heavy atom. The molecule has 0 bridgehead atoms. The van der Waals surface area contributed by atoms with Crippen molar-refractivity contribution in [1.82, 2.24) is 0 Å². The Balaban J connectivity index is 1.63. The molecule has 134 valence electrons. The summed E-state index contributed by atoms with van der Waals surface area (Å²) in [7, 11) is 0. The summed E-state index contributed by atoms with van der Waals surface area (Å²) >= 11 is 0. The summed E-state index contributed by atoms with van der Waals surface area (Å²) in [6.45, 7) is 0. The minimum Gasteiger partial charge on any atom is -0.0693 e. The molecule has 4 aromatic rings. The van der Waals surface area contributed by atoms with Gasteiger partial charge in [-0.1, -0.05) is 121 Å². The molecule has 0 aliphatic heterocycles. The molecule has 1 atom stereocenters. The highest BCUT2D eigenvalue weighted by atomic mass is 14.3. The summed E-state index contributed by atoms with van der Waals surface area (Å²) in [5.41, 5.74) is 5.19. The summed E-state index contributed by atoms with van der Waals surface area (Å²) < 4.78 is 0. The van der Waals surface area contributed by atoms with Gasteiger partial charge < -0.3 is 0 Å². The van der Waals surface area contributed by atoms with E-state index in [1.54, 1.807) is 0 Å². The van der Waals surface area contributed by atoms with Gasteiger partial charge in [0, 0.05) is 5.41 Å². The number of rotatable bonds is 3. The van der Waals surface area contributed by atoms with Crippen molar-refractivity contribution in [2.45, 2.75) is 11.8 Å². The van der Waals surface area contributed by atoms with E-state index in [0.717, 1.165) is 6.42 Å². The lowest BCUT2D eigenvalue weighted by atomic mass is 9.71. The molecule has 0 heterocycles. The van der Waals surface area contributed by atoms with Gasteiger partial charge in [0.2, 0.25) is 0 Å². The van der Waals surface area contributed by atoms with Crippen LogP contribution in [0.15, 0.2) is 109 Å². The van der Waals surface area contributed by atoms with Crippen LogP contribution in [0.2, 0.25) is 0 Å². The summed E-state index contributed by atoms with van der Waals surface area (Å²) in [6, 6.07) is 34.7. The van der Waals surface area contributed by atoms with Gasteiger partial charge in [-0.25, -0.2) is 0 Å². The zero-order valence-electron chi connectivity index (χ0n) is 15.8. The van der Waals surface area contributed by atoms with Crippen LogP contribution in [0.25, 0.3) is 22.9 Å². The maximum absolute atomic E-state index is 2.39. The van der Waals surface area contributed by atoms with E-state index in [-0.39, 0.29) is 5.41 Å². The van der Waals surface area contributed by atoms with Gasteiger partial charge in [-0.05, 0) is 39.4 Å². The van der Waals surface area contributed by atoms with Crippen molar-refractivity contribution < 1.29 is 0 Å². The summed E-state index contributed by atoms with van der Waals surface area (Å²) in [4.78, 5) is 0. The van der Waals surface area contributed by atoms with Crippen LogP contribution >= 0.6 is 0 Å². The molecule has 28 heavy (non-hydrogen) atoms. The van der Waals surface area contributed by atoms with Crippen LogP contribution in [0.1, 0.15) is 22.3 Å². The van der Waals surface area contributed by atoms with Crippen molar-refractivity contribution >= 4 is 22.9 Å². The van der Waals surface area contributed by atoms with Gasteiger partial charge in [0.15, 0.2) is 0 Å². The van der Waals surface area contributed by atoms with E-state index in [9.17, 15) is 0 Å². The molecule has 0 fully saturated rings. The molecular weight excluding hydrogens is 336 g/mol. The van der Waals surface area contributed by atoms with Crippen LogP contribution < -0.4 is 0 Å². The van der Waals surface area contributed by atoms with E-state index in [4.69, 9.17) is 0 Å². The molecule has 0 heteroatoms.